The second-order valence-electron chi connectivity index (χ2n) is 1.79. The second-order valence-corrected chi connectivity index (χ2v) is 2.64. The summed E-state index contributed by atoms with van der Waals surface area (Å²) in [7, 11) is 0. The Morgan fingerprint density at radius 2 is 2.20 bits per heavy atom. The van der Waals surface area contributed by atoms with E-state index in [1.54, 1.807) is 11.9 Å². The molecule has 0 radical (unpaired) electrons. The minimum atomic E-state index is 0.625. The van der Waals surface area contributed by atoms with Crippen molar-refractivity contribution in [2.45, 2.75) is 26.8 Å². The Labute approximate surface area is 67.9 Å². The van der Waals surface area contributed by atoms with Gasteiger partial charge in [0.1, 0.15) is 0 Å². The molecule has 0 aromatic carbocycles. The first-order valence-corrected chi connectivity index (χ1v) is 4.87. The smallest absolute Gasteiger partial charge is 0.0636 e. The summed E-state index contributed by atoms with van der Waals surface area (Å²) in [5.74, 6) is 1.21. The lowest BCUT2D eigenvalue weighted by Crippen LogP contribution is -2.40. The molecule has 2 nitrogen and oxygen atoms in total. The summed E-state index contributed by atoms with van der Waals surface area (Å²) in [5, 5.41) is 0. The lowest BCUT2D eigenvalue weighted by atomic mass is 10.4. The largest absolute Gasteiger partial charge is 0.380 e. The van der Waals surface area contributed by atoms with Gasteiger partial charge in [0.2, 0.25) is 0 Å². The van der Waals surface area contributed by atoms with Gasteiger partial charge in [0.05, 0.1) is 12.6 Å². The van der Waals surface area contributed by atoms with Crippen LogP contribution < -0.4 is 4.72 Å². The van der Waals surface area contributed by atoms with Crippen LogP contribution >= 0.6 is 11.9 Å². The van der Waals surface area contributed by atoms with Crippen LogP contribution in [0, 0.1) is 0 Å². The minimum Gasteiger partial charge on any atom is -0.380 e. The zero-order chi connectivity index (χ0) is 7.82. The number of hydrogen-bond acceptors (Lipinski definition) is 3. The molecular weight excluding hydrogens is 146 g/mol. The van der Waals surface area contributed by atoms with E-state index < -0.39 is 0 Å². The van der Waals surface area contributed by atoms with E-state index >= 15 is 0 Å². The van der Waals surface area contributed by atoms with Crippen molar-refractivity contribution in [3.8, 4) is 0 Å². The maximum atomic E-state index is 5.16. The zero-order valence-electron chi connectivity index (χ0n) is 7.02. The molecule has 1 unspecified atom stereocenters. The van der Waals surface area contributed by atoms with Crippen molar-refractivity contribution in [3.05, 3.63) is 0 Å². The summed E-state index contributed by atoms with van der Waals surface area (Å²) >= 11 is 1.77. The van der Waals surface area contributed by atoms with E-state index in [0.717, 1.165) is 13.2 Å². The van der Waals surface area contributed by atoms with Crippen molar-refractivity contribution in [1.29, 1.82) is 0 Å². The molecule has 0 amide bonds. The van der Waals surface area contributed by atoms with Crippen LogP contribution in [-0.2, 0) is 4.74 Å². The van der Waals surface area contributed by atoms with Crippen LogP contribution in [0.25, 0.3) is 0 Å². The van der Waals surface area contributed by atoms with Crippen molar-refractivity contribution < 1.29 is 4.74 Å². The number of hydrogen-bond donors (Lipinski definition) is 1. The Morgan fingerprint density at radius 3 is 2.50 bits per heavy atom. The van der Waals surface area contributed by atoms with E-state index in [1.165, 1.54) is 5.75 Å². The molecule has 0 saturated carbocycles. The van der Waals surface area contributed by atoms with Gasteiger partial charge in [-0.05, 0) is 6.92 Å². The highest BCUT2D eigenvalue weighted by atomic mass is 32.2. The molecule has 0 aliphatic carbocycles. The third-order valence-electron chi connectivity index (χ3n) is 1.06. The molecule has 1 aliphatic heterocycles. The SMILES string of the molecule is CC.CCOCC1CSN1. The van der Waals surface area contributed by atoms with Crippen LogP contribution in [0.15, 0.2) is 0 Å². The normalized spacial score (nSPS) is 22.5. The summed E-state index contributed by atoms with van der Waals surface area (Å²) in [4.78, 5) is 0. The van der Waals surface area contributed by atoms with Crippen molar-refractivity contribution in [2.24, 2.45) is 0 Å². The molecule has 1 rings (SSSR count). The Balaban J connectivity index is 0.000000371. The van der Waals surface area contributed by atoms with E-state index in [2.05, 4.69) is 4.72 Å². The molecule has 10 heavy (non-hydrogen) atoms. The van der Waals surface area contributed by atoms with Crippen LogP contribution in [0.5, 0.6) is 0 Å². The molecule has 1 aliphatic rings. The monoisotopic (exact) mass is 163 g/mol. The van der Waals surface area contributed by atoms with Crippen LogP contribution in [0.4, 0.5) is 0 Å². The van der Waals surface area contributed by atoms with Crippen molar-refractivity contribution >= 4 is 11.9 Å². The van der Waals surface area contributed by atoms with Gasteiger partial charge in [0.15, 0.2) is 0 Å². The van der Waals surface area contributed by atoms with Crippen molar-refractivity contribution in [1.82, 2.24) is 4.72 Å². The third kappa shape index (κ3) is 4.14. The summed E-state index contributed by atoms with van der Waals surface area (Å²) in [6.07, 6.45) is 0. The molecule has 3 heteroatoms. The molecular formula is C7H17NOS. The van der Waals surface area contributed by atoms with Gasteiger partial charge in [-0.2, -0.15) is 0 Å². The predicted octanol–water partition coefficient (Wildman–Crippen LogP) is 1.67. The van der Waals surface area contributed by atoms with Gasteiger partial charge in [-0.15, -0.1) is 0 Å². The van der Waals surface area contributed by atoms with E-state index in [0.29, 0.717) is 6.04 Å². The first kappa shape index (κ1) is 10.3. The molecule has 0 spiro atoms. The lowest BCUT2D eigenvalue weighted by Gasteiger charge is -2.25. The highest BCUT2D eigenvalue weighted by Crippen LogP contribution is 2.11. The summed E-state index contributed by atoms with van der Waals surface area (Å²) in [5.41, 5.74) is 0. The Bertz CT molecular complexity index is 66.6. The van der Waals surface area contributed by atoms with Gasteiger partial charge in [0, 0.05) is 12.4 Å². The number of nitrogens with one attached hydrogen (secondary N) is 1. The highest BCUT2D eigenvalue weighted by molar-refractivity contribution is 7.98. The fraction of sp³-hybridized carbons (Fsp3) is 1.00. The van der Waals surface area contributed by atoms with Crippen molar-refractivity contribution in [2.75, 3.05) is 19.0 Å². The van der Waals surface area contributed by atoms with Gasteiger partial charge in [0.25, 0.3) is 0 Å². The molecule has 1 saturated heterocycles. The molecule has 0 aromatic heterocycles. The fourth-order valence-electron chi connectivity index (χ4n) is 0.543. The number of rotatable bonds is 3. The maximum absolute atomic E-state index is 5.16. The molecule has 62 valence electrons. The van der Waals surface area contributed by atoms with Gasteiger partial charge in [-0.3, -0.25) is 4.72 Å². The van der Waals surface area contributed by atoms with Crippen LogP contribution in [0.2, 0.25) is 0 Å². The van der Waals surface area contributed by atoms with E-state index in [-0.39, 0.29) is 0 Å². The van der Waals surface area contributed by atoms with Gasteiger partial charge in [-0.1, -0.05) is 25.8 Å². The Kier molecular flexibility index (Phi) is 7.58. The topological polar surface area (TPSA) is 21.3 Å². The highest BCUT2D eigenvalue weighted by Gasteiger charge is 2.16. The third-order valence-corrected chi connectivity index (χ3v) is 2.13. The standard InChI is InChI=1S/C5H11NOS.C2H6/c1-2-7-3-5-4-8-6-5;1-2/h5-6H,2-4H2,1H3;1-2H3. The summed E-state index contributed by atoms with van der Waals surface area (Å²) in [6, 6.07) is 0.625. The van der Waals surface area contributed by atoms with Crippen LogP contribution in [0.3, 0.4) is 0 Å². The molecule has 1 N–H and O–H groups in total. The summed E-state index contributed by atoms with van der Waals surface area (Å²) in [6.45, 7) is 7.73. The molecule has 1 fully saturated rings. The Morgan fingerprint density at radius 1 is 1.60 bits per heavy atom. The molecule has 1 heterocycles. The first-order valence-electron chi connectivity index (χ1n) is 3.88. The lowest BCUT2D eigenvalue weighted by molar-refractivity contribution is 0.132. The average Bonchev–Trinajstić information content (AvgIpc) is 1.90. The van der Waals surface area contributed by atoms with Crippen LogP contribution in [-0.4, -0.2) is 25.0 Å². The quantitative estimate of drug-likeness (QED) is 0.639. The van der Waals surface area contributed by atoms with E-state index in [9.17, 15) is 0 Å². The number of ether oxygens (including phenoxy) is 1. The van der Waals surface area contributed by atoms with Crippen LogP contribution in [0.1, 0.15) is 20.8 Å². The molecule has 0 bridgehead atoms. The minimum absolute atomic E-state index is 0.625. The van der Waals surface area contributed by atoms with Crippen molar-refractivity contribution in [3.63, 3.8) is 0 Å². The molecule has 1 atom stereocenters. The average molecular weight is 163 g/mol. The van der Waals surface area contributed by atoms with E-state index in [4.69, 9.17) is 4.74 Å². The second kappa shape index (κ2) is 7.38. The van der Waals surface area contributed by atoms with E-state index in [1.807, 2.05) is 20.8 Å². The summed E-state index contributed by atoms with van der Waals surface area (Å²) < 4.78 is 8.33. The predicted molar refractivity (Wildman–Crippen MR) is 47.2 cm³/mol. The zero-order valence-corrected chi connectivity index (χ0v) is 7.83. The maximum Gasteiger partial charge on any atom is 0.0636 e. The first-order chi connectivity index (χ1) is 4.93. The van der Waals surface area contributed by atoms with Gasteiger partial charge >= 0.3 is 0 Å². The van der Waals surface area contributed by atoms with Gasteiger partial charge < -0.3 is 4.74 Å². The fourth-order valence-corrected chi connectivity index (χ4v) is 1.11. The van der Waals surface area contributed by atoms with Gasteiger partial charge in [-0.25, -0.2) is 0 Å². The molecule has 0 aromatic rings. The Hall–Kier alpha value is 0.270.